The first kappa shape index (κ1) is 12.0. The van der Waals surface area contributed by atoms with Gasteiger partial charge in [-0.05, 0) is 18.8 Å². The fraction of sp³-hybridized carbons (Fsp3) is 0.667. The molecule has 0 radical (unpaired) electrons. The third-order valence-electron chi connectivity index (χ3n) is 3.59. The van der Waals surface area contributed by atoms with Crippen molar-refractivity contribution in [2.45, 2.75) is 45.1 Å². The number of hydrogen-bond acceptors (Lipinski definition) is 3. The van der Waals surface area contributed by atoms with Gasteiger partial charge in [-0.15, -0.1) is 0 Å². The van der Waals surface area contributed by atoms with E-state index in [1.165, 1.54) is 25.5 Å². The maximum atomic E-state index is 11.9. The van der Waals surface area contributed by atoms with Gasteiger partial charge in [0, 0.05) is 6.04 Å². The molecule has 4 N–H and O–H groups in total. The summed E-state index contributed by atoms with van der Waals surface area (Å²) in [7, 11) is 0. The molecular formula is C12H20N4O. The fourth-order valence-corrected chi connectivity index (χ4v) is 2.53. The van der Waals surface area contributed by atoms with Crippen LogP contribution < -0.4 is 11.1 Å². The highest BCUT2D eigenvalue weighted by Gasteiger charge is 2.23. The summed E-state index contributed by atoms with van der Waals surface area (Å²) >= 11 is 0. The van der Waals surface area contributed by atoms with Crippen LogP contribution in [0.3, 0.4) is 0 Å². The summed E-state index contributed by atoms with van der Waals surface area (Å²) in [5.41, 5.74) is 6.43. The van der Waals surface area contributed by atoms with Crippen LogP contribution in [-0.2, 0) is 0 Å². The number of carbonyl (C=O) groups is 1. The molecule has 2 rings (SSSR count). The molecule has 17 heavy (non-hydrogen) atoms. The molecule has 2 atom stereocenters. The van der Waals surface area contributed by atoms with Crippen LogP contribution in [0, 0.1) is 5.92 Å². The standard InChI is InChI=1S/C12H20N4O/c1-2-8-4-3-5-9(6-8)15-12(17)11-10(13)7-14-16-11/h7-9H,2-6,13H2,1H3,(H,14,16)(H,15,17). The van der Waals surface area contributed by atoms with Crippen LogP contribution in [0.4, 0.5) is 5.69 Å². The third-order valence-corrected chi connectivity index (χ3v) is 3.59. The molecule has 0 spiro atoms. The summed E-state index contributed by atoms with van der Waals surface area (Å²) < 4.78 is 0. The number of hydrogen-bond donors (Lipinski definition) is 3. The molecule has 0 saturated heterocycles. The summed E-state index contributed by atoms with van der Waals surface area (Å²) in [6.07, 6.45) is 7.28. The predicted octanol–water partition coefficient (Wildman–Crippen LogP) is 1.69. The summed E-state index contributed by atoms with van der Waals surface area (Å²) in [6.45, 7) is 2.21. The fourth-order valence-electron chi connectivity index (χ4n) is 2.53. The van der Waals surface area contributed by atoms with E-state index in [9.17, 15) is 4.79 Å². The Labute approximate surface area is 101 Å². The molecular weight excluding hydrogens is 216 g/mol. The first-order chi connectivity index (χ1) is 8.20. The quantitative estimate of drug-likeness (QED) is 0.746. The summed E-state index contributed by atoms with van der Waals surface area (Å²) in [5, 5.41) is 9.43. The lowest BCUT2D eigenvalue weighted by Crippen LogP contribution is -2.38. The van der Waals surface area contributed by atoms with Crippen molar-refractivity contribution in [1.29, 1.82) is 0 Å². The van der Waals surface area contributed by atoms with Crippen molar-refractivity contribution in [3.8, 4) is 0 Å². The number of amides is 1. The second-order valence-electron chi connectivity index (χ2n) is 4.81. The van der Waals surface area contributed by atoms with E-state index >= 15 is 0 Å². The minimum atomic E-state index is -0.137. The Morgan fingerprint density at radius 2 is 2.47 bits per heavy atom. The first-order valence-corrected chi connectivity index (χ1v) is 6.30. The average Bonchev–Trinajstić information content (AvgIpc) is 2.76. The zero-order valence-electron chi connectivity index (χ0n) is 10.2. The molecule has 1 fully saturated rings. The Balaban J connectivity index is 1.93. The van der Waals surface area contributed by atoms with Gasteiger partial charge in [0.2, 0.25) is 0 Å². The SMILES string of the molecule is CCC1CCCC(NC(=O)c2[nH]ncc2N)C1. The third kappa shape index (κ3) is 2.78. The molecule has 1 amide bonds. The number of H-pyrrole nitrogens is 1. The van der Waals surface area contributed by atoms with Crippen LogP contribution >= 0.6 is 0 Å². The number of anilines is 1. The lowest BCUT2D eigenvalue weighted by atomic mass is 9.84. The van der Waals surface area contributed by atoms with E-state index in [2.05, 4.69) is 22.4 Å². The largest absolute Gasteiger partial charge is 0.396 e. The van der Waals surface area contributed by atoms with Gasteiger partial charge in [-0.25, -0.2) is 0 Å². The van der Waals surface area contributed by atoms with E-state index < -0.39 is 0 Å². The topological polar surface area (TPSA) is 83.8 Å². The molecule has 94 valence electrons. The lowest BCUT2D eigenvalue weighted by molar-refractivity contribution is 0.0915. The zero-order chi connectivity index (χ0) is 12.3. The van der Waals surface area contributed by atoms with Crippen LogP contribution in [-0.4, -0.2) is 22.1 Å². The number of nitrogens with two attached hydrogens (primary N) is 1. The van der Waals surface area contributed by atoms with Crippen molar-refractivity contribution in [1.82, 2.24) is 15.5 Å². The van der Waals surface area contributed by atoms with Crippen LogP contribution in [0.1, 0.15) is 49.5 Å². The molecule has 5 nitrogen and oxygen atoms in total. The summed E-state index contributed by atoms with van der Waals surface area (Å²) in [6, 6.07) is 0.281. The minimum absolute atomic E-state index is 0.137. The Morgan fingerprint density at radius 3 is 3.12 bits per heavy atom. The van der Waals surface area contributed by atoms with E-state index in [1.54, 1.807) is 0 Å². The minimum Gasteiger partial charge on any atom is -0.396 e. The van der Waals surface area contributed by atoms with E-state index in [1.807, 2.05) is 0 Å². The Morgan fingerprint density at radius 1 is 1.65 bits per heavy atom. The maximum Gasteiger partial charge on any atom is 0.271 e. The zero-order valence-corrected chi connectivity index (χ0v) is 10.2. The molecule has 1 aromatic heterocycles. The van der Waals surface area contributed by atoms with Crippen LogP contribution in [0.25, 0.3) is 0 Å². The van der Waals surface area contributed by atoms with Gasteiger partial charge < -0.3 is 11.1 Å². The van der Waals surface area contributed by atoms with Gasteiger partial charge in [0.15, 0.2) is 0 Å². The van der Waals surface area contributed by atoms with Crippen LogP contribution in [0.2, 0.25) is 0 Å². The van der Waals surface area contributed by atoms with E-state index in [4.69, 9.17) is 5.73 Å². The summed E-state index contributed by atoms with van der Waals surface area (Å²) in [4.78, 5) is 11.9. The molecule has 1 saturated carbocycles. The van der Waals surface area contributed by atoms with Gasteiger partial charge >= 0.3 is 0 Å². The molecule has 1 aliphatic rings. The Kier molecular flexibility index (Phi) is 3.66. The maximum absolute atomic E-state index is 11.9. The van der Waals surface area contributed by atoms with Crippen molar-refractivity contribution in [3.63, 3.8) is 0 Å². The van der Waals surface area contributed by atoms with Crippen molar-refractivity contribution in [2.24, 2.45) is 5.92 Å². The van der Waals surface area contributed by atoms with E-state index in [0.29, 0.717) is 11.4 Å². The lowest BCUT2D eigenvalue weighted by Gasteiger charge is -2.28. The molecule has 0 aromatic carbocycles. The summed E-state index contributed by atoms with van der Waals surface area (Å²) in [5.74, 6) is 0.606. The second kappa shape index (κ2) is 5.21. The number of carbonyl (C=O) groups excluding carboxylic acids is 1. The number of aromatic amines is 1. The van der Waals surface area contributed by atoms with Gasteiger partial charge in [0.05, 0.1) is 11.9 Å². The number of nitrogen functional groups attached to an aromatic ring is 1. The molecule has 5 heteroatoms. The molecule has 1 heterocycles. The number of nitrogens with zero attached hydrogens (tertiary/aromatic N) is 1. The smallest absolute Gasteiger partial charge is 0.271 e. The van der Waals surface area contributed by atoms with Gasteiger partial charge in [0.25, 0.3) is 5.91 Å². The first-order valence-electron chi connectivity index (χ1n) is 6.30. The number of nitrogens with one attached hydrogen (secondary N) is 2. The Bertz CT molecular complexity index is 388. The molecule has 2 unspecified atom stereocenters. The highest BCUT2D eigenvalue weighted by atomic mass is 16.2. The Hall–Kier alpha value is -1.52. The average molecular weight is 236 g/mol. The van der Waals surface area contributed by atoms with Gasteiger partial charge in [-0.2, -0.15) is 5.10 Å². The van der Waals surface area contributed by atoms with Crippen molar-refractivity contribution < 1.29 is 4.79 Å². The highest BCUT2D eigenvalue weighted by Crippen LogP contribution is 2.26. The van der Waals surface area contributed by atoms with Crippen molar-refractivity contribution in [3.05, 3.63) is 11.9 Å². The number of rotatable bonds is 3. The molecule has 1 aromatic rings. The number of aromatic nitrogens is 2. The van der Waals surface area contributed by atoms with E-state index in [-0.39, 0.29) is 11.9 Å². The van der Waals surface area contributed by atoms with Gasteiger partial charge in [0.1, 0.15) is 5.69 Å². The molecule has 0 bridgehead atoms. The van der Waals surface area contributed by atoms with E-state index in [0.717, 1.165) is 18.8 Å². The second-order valence-corrected chi connectivity index (χ2v) is 4.81. The highest BCUT2D eigenvalue weighted by molar-refractivity contribution is 5.97. The van der Waals surface area contributed by atoms with Crippen molar-refractivity contribution >= 4 is 11.6 Å². The van der Waals surface area contributed by atoms with Crippen LogP contribution in [0.15, 0.2) is 6.20 Å². The molecule has 1 aliphatic carbocycles. The van der Waals surface area contributed by atoms with Gasteiger partial charge in [-0.3, -0.25) is 9.89 Å². The molecule has 0 aliphatic heterocycles. The van der Waals surface area contributed by atoms with Crippen molar-refractivity contribution in [2.75, 3.05) is 5.73 Å². The normalized spacial score (nSPS) is 24.5. The monoisotopic (exact) mass is 236 g/mol. The predicted molar refractivity (Wildman–Crippen MR) is 66.5 cm³/mol. The van der Waals surface area contributed by atoms with Gasteiger partial charge in [-0.1, -0.05) is 26.2 Å². The van der Waals surface area contributed by atoms with Crippen LogP contribution in [0.5, 0.6) is 0 Å².